The predicted octanol–water partition coefficient (Wildman–Crippen LogP) is 2.78. The average Bonchev–Trinajstić information content (AvgIpc) is 3.34. The number of hydrogen-bond donors (Lipinski definition) is 0. The van der Waals surface area contributed by atoms with Crippen molar-refractivity contribution in [1.82, 2.24) is 9.47 Å². The summed E-state index contributed by atoms with van der Waals surface area (Å²) in [5.41, 5.74) is 1.06. The molecular formula is C20H19N3O2S4. The minimum absolute atomic E-state index is 0.0600. The molecule has 2 aromatic rings. The van der Waals surface area contributed by atoms with Gasteiger partial charge in [0.25, 0.3) is 11.5 Å². The fraction of sp³-hybridized carbons (Fsp3) is 0.250. The SMILES string of the molecule is C=CCN1C(=O)C(=c2sc(=C3Sc4ccccc4N3CC)c(=O)n2CC)SC1=S. The third-order valence-electron chi connectivity index (χ3n) is 4.67. The van der Waals surface area contributed by atoms with Crippen molar-refractivity contribution in [3.05, 3.63) is 56.5 Å². The Labute approximate surface area is 186 Å². The van der Waals surface area contributed by atoms with Crippen molar-refractivity contribution in [1.29, 1.82) is 0 Å². The van der Waals surface area contributed by atoms with Gasteiger partial charge in [-0.15, -0.1) is 17.9 Å². The minimum atomic E-state index is -0.158. The van der Waals surface area contributed by atoms with Crippen molar-refractivity contribution in [2.75, 3.05) is 18.0 Å². The Hall–Kier alpha value is -1.81. The molecule has 3 heterocycles. The van der Waals surface area contributed by atoms with Gasteiger partial charge in [-0.2, -0.15) is 0 Å². The first-order valence-corrected chi connectivity index (χ1v) is 12.0. The number of amides is 1. The van der Waals surface area contributed by atoms with Gasteiger partial charge in [0.15, 0.2) is 0 Å². The fourth-order valence-corrected chi connectivity index (χ4v) is 7.32. The summed E-state index contributed by atoms with van der Waals surface area (Å²) in [5.74, 6) is -0.158. The van der Waals surface area contributed by atoms with Gasteiger partial charge in [0.05, 0.1) is 5.69 Å². The van der Waals surface area contributed by atoms with E-state index in [9.17, 15) is 9.59 Å². The number of rotatable bonds is 4. The Morgan fingerprint density at radius 2 is 1.86 bits per heavy atom. The number of carbonyl (C=O) groups excluding carboxylic acids is 1. The number of fused-ring (bicyclic) bond motifs is 1. The van der Waals surface area contributed by atoms with E-state index >= 15 is 0 Å². The van der Waals surface area contributed by atoms with Gasteiger partial charge in [0.1, 0.15) is 23.4 Å². The number of thiazole rings is 1. The lowest BCUT2D eigenvalue weighted by atomic mass is 10.3. The molecule has 0 atom stereocenters. The first-order valence-electron chi connectivity index (χ1n) is 9.19. The highest BCUT2D eigenvalue weighted by molar-refractivity contribution is 8.30. The first-order chi connectivity index (χ1) is 14.0. The monoisotopic (exact) mass is 461 g/mol. The van der Waals surface area contributed by atoms with Crippen LogP contribution < -0.4 is 19.7 Å². The summed E-state index contributed by atoms with van der Waals surface area (Å²) in [5, 5.41) is 0.929. The molecule has 0 aliphatic carbocycles. The van der Waals surface area contributed by atoms with Crippen molar-refractivity contribution in [3.8, 4) is 0 Å². The smallest absolute Gasteiger partial charge is 0.271 e. The summed E-state index contributed by atoms with van der Waals surface area (Å²) in [7, 11) is 0. The summed E-state index contributed by atoms with van der Waals surface area (Å²) in [6.45, 7) is 9.32. The Kier molecular flexibility index (Phi) is 5.74. The van der Waals surface area contributed by atoms with Crippen LogP contribution in [0, 0.1) is 0 Å². The second-order valence-corrected chi connectivity index (χ2v) is 9.98. The molecule has 2 aliphatic heterocycles. The van der Waals surface area contributed by atoms with E-state index < -0.39 is 0 Å². The molecular weight excluding hydrogens is 443 g/mol. The highest BCUT2D eigenvalue weighted by Gasteiger charge is 2.34. The third-order valence-corrected chi connectivity index (χ3v) is 8.74. The quantitative estimate of drug-likeness (QED) is 0.515. The van der Waals surface area contributed by atoms with Gasteiger partial charge in [-0.25, -0.2) is 0 Å². The molecule has 0 radical (unpaired) electrons. The molecule has 4 rings (SSSR count). The molecule has 0 unspecified atom stereocenters. The van der Waals surface area contributed by atoms with Crippen LogP contribution >= 0.6 is 47.1 Å². The molecule has 1 aromatic carbocycles. The molecule has 2 aliphatic rings. The van der Waals surface area contributed by atoms with Crippen LogP contribution in [0.3, 0.4) is 0 Å². The molecule has 0 N–H and O–H groups in total. The Morgan fingerprint density at radius 3 is 2.55 bits per heavy atom. The van der Waals surface area contributed by atoms with Gasteiger partial charge in [0, 0.05) is 24.5 Å². The maximum absolute atomic E-state index is 13.3. The highest BCUT2D eigenvalue weighted by Crippen LogP contribution is 2.45. The number of aromatic nitrogens is 1. The zero-order valence-corrected chi connectivity index (χ0v) is 19.3. The van der Waals surface area contributed by atoms with Crippen molar-refractivity contribution in [2.24, 2.45) is 0 Å². The molecule has 9 heteroatoms. The Bertz CT molecular complexity index is 1210. The lowest BCUT2D eigenvalue weighted by molar-refractivity contribution is -0.120. The summed E-state index contributed by atoms with van der Waals surface area (Å²) >= 11 is 9.62. The van der Waals surface area contributed by atoms with Crippen LogP contribution in [0.1, 0.15) is 13.8 Å². The standard InChI is InChI=1S/C20H19N3O2S4/c1-4-11-23-17(25)15(29-20(23)26)19-22(6-3)16(24)14(28-19)18-21(5-2)12-9-7-8-10-13(12)27-18/h4,7-10H,1,5-6,11H2,2-3H3. The van der Waals surface area contributed by atoms with E-state index in [-0.39, 0.29) is 11.5 Å². The lowest BCUT2D eigenvalue weighted by Gasteiger charge is -2.16. The van der Waals surface area contributed by atoms with Crippen LogP contribution in [0.2, 0.25) is 0 Å². The number of benzene rings is 1. The topological polar surface area (TPSA) is 45.6 Å². The molecule has 1 fully saturated rings. The van der Waals surface area contributed by atoms with Crippen LogP contribution in [0.15, 0.2) is 46.6 Å². The molecule has 1 amide bonds. The summed E-state index contributed by atoms with van der Waals surface area (Å²) in [6.07, 6.45) is 1.65. The summed E-state index contributed by atoms with van der Waals surface area (Å²) in [6, 6.07) is 8.15. The van der Waals surface area contributed by atoms with E-state index in [1.807, 2.05) is 19.1 Å². The molecule has 1 saturated heterocycles. The molecule has 5 nitrogen and oxygen atoms in total. The third kappa shape index (κ3) is 3.30. The van der Waals surface area contributed by atoms with E-state index in [1.54, 1.807) is 22.4 Å². The van der Waals surface area contributed by atoms with Gasteiger partial charge >= 0.3 is 0 Å². The number of hydrogen-bond acceptors (Lipinski definition) is 7. The van der Waals surface area contributed by atoms with E-state index in [0.29, 0.717) is 31.5 Å². The van der Waals surface area contributed by atoms with Crippen LogP contribution in [0.4, 0.5) is 5.69 Å². The van der Waals surface area contributed by atoms with Crippen LogP contribution in [0.5, 0.6) is 0 Å². The van der Waals surface area contributed by atoms with E-state index in [0.717, 1.165) is 22.2 Å². The molecule has 1 aromatic heterocycles. The van der Waals surface area contributed by atoms with Crippen molar-refractivity contribution in [2.45, 2.75) is 25.3 Å². The van der Waals surface area contributed by atoms with E-state index in [1.165, 1.54) is 28.0 Å². The predicted molar refractivity (Wildman–Crippen MR) is 128 cm³/mol. The number of para-hydroxylation sites is 1. The van der Waals surface area contributed by atoms with Crippen molar-refractivity contribution >= 4 is 72.9 Å². The van der Waals surface area contributed by atoms with Gasteiger partial charge in [-0.05, 0) is 26.0 Å². The van der Waals surface area contributed by atoms with Crippen LogP contribution in [0.25, 0.3) is 9.93 Å². The van der Waals surface area contributed by atoms with Gasteiger partial charge < -0.3 is 4.90 Å². The van der Waals surface area contributed by atoms with Crippen LogP contribution in [-0.2, 0) is 11.3 Å². The number of carbonyl (C=O) groups is 1. The van der Waals surface area contributed by atoms with Gasteiger partial charge in [-0.3, -0.25) is 19.1 Å². The Balaban J connectivity index is 1.97. The highest BCUT2D eigenvalue weighted by atomic mass is 32.2. The second-order valence-electron chi connectivity index (χ2n) is 6.31. The number of thioether (sulfide) groups is 2. The minimum Gasteiger partial charge on any atom is -0.334 e. The summed E-state index contributed by atoms with van der Waals surface area (Å²) in [4.78, 5) is 31.6. The number of nitrogens with zero attached hydrogens (tertiary/aromatic N) is 3. The average molecular weight is 462 g/mol. The molecule has 0 spiro atoms. The zero-order valence-electron chi connectivity index (χ0n) is 16.0. The second kappa shape index (κ2) is 8.14. The molecule has 29 heavy (non-hydrogen) atoms. The largest absolute Gasteiger partial charge is 0.334 e. The number of thiocarbonyl (C=S) groups is 1. The van der Waals surface area contributed by atoms with Gasteiger partial charge in [-0.1, -0.05) is 54.0 Å². The zero-order chi connectivity index (χ0) is 20.7. The Morgan fingerprint density at radius 1 is 1.10 bits per heavy atom. The first kappa shape index (κ1) is 20.5. The molecule has 150 valence electrons. The van der Waals surface area contributed by atoms with Crippen molar-refractivity contribution < 1.29 is 4.79 Å². The van der Waals surface area contributed by atoms with Gasteiger partial charge in [0.2, 0.25) is 0 Å². The van der Waals surface area contributed by atoms with Crippen LogP contribution in [-0.4, -0.2) is 32.8 Å². The van der Waals surface area contributed by atoms with E-state index in [4.69, 9.17) is 12.2 Å². The fourth-order valence-electron chi connectivity index (χ4n) is 3.33. The summed E-state index contributed by atoms with van der Waals surface area (Å²) < 4.78 is 3.53. The van der Waals surface area contributed by atoms with E-state index in [2.05, 4.69) is 30.5 Å². The molecule has 0 saturated carbocycles. The molecule has 0 bridgehead atoms. The lowest BCUT2D eigenvalue weighted by Crippen LogP contribution is -2.35. The number of anilines is 1. The maximum atomic E-state index is 13.3. The normalized spacial score (nSPS) is 19.9. The maximum Gasteiger partial charge on any atom is 0.271 e. The van der Waals surface area contributed by atoms with Crippen molar-refractivity contribution in [3.63, 3.8) is 0 Å².